The van der Waals surface area contributed by atoms with Crippen LogP contribution in [0.2, 0.25) is 0 Å². The maximum atomic E-state index is 6.35. The number of rotatable bonds is 3. The molecule has 0 spiro atoms. The van der Waals surface area contributed by atoms with E-state index >= 15 is 0 Å². The van der Waals surface area contributed by atoms with Crippen molar-refractivity contribution < 1.29 is 0 Å². The fourth-order valence-corrected chi connectivity index (χ4v) is 2.50. The van der Waals surface area contributed by atoms with Crippen LogP contribution < -0.4 is 5.73 Å². The zero-order valence-electron chi connectivity index (χ0n) is 12.5. The van der Waals surface area contributed by atoms with E-state index in [1.807, 2.05) is 48.1 Å². The maximum Gasteiger partial charge on any atom is 0.131 e. The van der Waals surface area contributed by atoms with Crippen molar-refractivity contribution in [2.45, 2.75) is 19.8 Å². The third kappa shape index (κ3) is 2.31. The number of hydrogen-bond acceptors (Lipinski definition) is 3. The van der Waals surface area contributed by atoms with Gasteiger partial charge in [-0.25, -0.2) is 9.67 Å². The van der Waals surface area contributed by atoms with E-state index in [2.05, 4.69) is 18.8 Å². The average Bonchev–Trinajstić information content (AvgIpc) is 3.03. The smallest absolute Gasteiger partial charge is 0.131 e. The van der Waals surface area contributed by atoms with E-state index in [1.165, 1.54) is 0 Å². The van der Waals surface area contributed by atoms with Crippen LogP contribution in [0, 0.1) is 0 Å². The van der Waals surface area contributed by atoms with Gasteiger partial charge in [-0.2, -0.15) is 5.10 Å². The van der Waals surface area contributed by atoms with Crippen LogP contribution in [0.15, 0.2) is 42.9 Å². The van der Waals surface area contributed by atoms with Crippen LogP contribution in [0.25, 0.3) is 17.1 Å². The van der Waals surface area contributed by atoms with Gasteiger partial charge in [-0.05, 0) is 18.1 Å². The molecule has 0 bridgehead atoms. The standard InChI is InChI=1S/C16H19N5/c1-11(2)14-15(13-9-20(3)10-18-13)19-21(16(14)17)12-7-5-4-6-8-12/h4-11H,17H2,1-3H3. The molecular formula is C16H19N5. The summed E-state index contributed by atoms with van der Waals surface area (Å²) in [5.41, 5.74) is 10.0. The number of nitrogens with two attached hydrogens (primary N) is 1. The van der Waals surface area contributed by atoms with E-state index in [-0.39, 0.29) is 5.92 Å². The number of benzene rings is 1. The van der Waals surface area contributed by atoms with Crippen LogP contribution in [-0.2, 0) is 7.05 Å². The van der Waals surface area contributed by atoms with Gasteiger partial charge in [-0.15, -0.1) is 0 Å². The molecular weight excluding hydrogens is 262 g/mol. The largest absolute Gasteiger partial charge is 0.383 e. The number of hydrogen-bond donors (Lipinski definition) is 1. The van der Waals surface area contributed by atoms with E-state index < -0.39 is 0 Å². The van der Waals surface area contributed by atoms with Crippen LogP contribution >= 0.6 is 0 Å². The first-order valence-electron chi connectivity index (χ1n) is 7.00. The number of anilines is 1. The lowest BCUT2D eigenvalue weighted by Gasteiger charge is -2.07. The first-order valence-corrected chi connectivity index (χ1v) is 7.00. The molecule has 0 saturated heterocycles. The Bertz CT molecular complexity index is 752. The summed E-state index contributed by atoms with van der Waals surface area (Å²) in [4.78, 5) is 4.41. The molecule has 0 saturated carbocycles. The summed E-state index contributed by atoms with van der Waals surface area (Å²) < 4.78 is 3.70. The fourth-order valence-electron chi connectivity index (χ4n) is 2.50. The predicted molar refractivity (Wildman–Crippen MR) is 84.3 cm³/mol. The van der Waals surface area contributed by atoms with Crippen LogP contribution in [0.4, 0.5) is 5.82 Å². The van der Waals surface area contributed by atoms with Gasteiger partial charge in [-0.1, -0.05) is 32.0 Å². The number of para-hydroxylation sites is 1. The van der Waals surface area contributed by atoms with Gasteiger partial charge in [0.1, 0.15) is 17.2 Å². The van der Waals surface area contributed by atoms with Crippen molar-refractivity contribution in [3.8, 4) is 17.1 Å². The fraction of sp³-hybridized carbons (Fsp3) is 0.250. The van der Waals surface area contributed by atoms with E-state index in [1.54, 1.807) is 11.0 Å². The molecule has 2 N–H and O–H groups in total. The lowest BCUT2D eigenvalue weighted by molar-refractivity contribution is 0.867. The molecule has 3 rings (SSSR count). The quantitative estimate of drug-likeness (QED) is 0.802. The maximum absolute atomic E-state index is 6.35. The van der Waals surface area contributed by atoms with E-state index in [4.69, 9.17) is 10.8 Å². The number of imidazole rings is 1. The number of aryl methyl sites for hydroxylation is 1. The number of aromatic nitrogens is 4. The summed E-state index contributed by atoms with van der Waals surface area (Å²) in [6, 6.07) is 9.93. The minimum absolute atomic E-state index is 0.277. The third-order valence-electron chi connectivity index (χ3n) is 3.48. The molecule has 5 nitrogen and oxygen atoms in total. The van der Waals surface area contributed by atoms with Crippen LogP contribution in [0.3, 0.4) is 0 Å². The molecule has 0 atom stereocenters. The van der Waals surface area contributed by atoms with Gasteiger partial charge < -0.3 is 10.3 Å². The van der Waals surface area contributed by atoms with Crippen molar-refractivity contribution in [3.05, 3.63) is 48.4 Å². The number of nitrogens with zero attached hydrogens (tertiary/aromatic N) is 4. The highest BCUT2D eigenvalue weighted by molar-refractivity contribution is 5.67. The molecule has 0 aliphatic rings. The topological polar surface area (TPSA) is 61.7 Å². The van der Waals surface area contributed by atoms with Gasteiger partial charge in [0.25, 0.3) is 0 Å². The normalized spacial score (nSPS) is 11.2. The highest BCUT2D eigenvalue weighted by Crippen LogP contribution is 2.33. The molecule has 1 aromatic carbocycles. The molecule has 0 fully saturated rings. The van der Waals surface area contributed by atoms with Crippen molar-refractivity contribution in [2.75, 3.05) is 5.73 Å². The van der Waals surface area contributed by atoms with Gasteiger partial charge >= 0.3 is 0 Å². The van der Waals surface area contributed by atoms with Gasteiger partial charge in [0.05, 0.1) is 12.0 Å². The minimum atomic E-state index is 0.277. The van der Waals surface area contributed by atoms with Gasteiger partial charge in [0.2, 0.25) is 0 Å². The molecule has 108 valence electrons. The summed E-state index contributed by atoms with van der Waals surface area (Å²) in [7, 11) is 1.95. The highest BCUT2D eigenvalue weighted by atomic mass is 15.3. The van der Waals surface area contributed by atoms with Crippen molar-refractivity contribution in [3.63, 3.8) is 0 Å². The van der Waals surface area contributed by atoms with Gasteiger partial charge in [0, 0.05) is 18.8 Å². The second-order valence-corrected chi connectivity index (χ2v) is 5.47. The SMILES string of the molecule is CC(C)c1c(-c2cn(C)cn2)nn(-c2ccccc2)c1N. The molecule has 21 heavy (non-hydrogen) atoms. The van der Waals surface area contributed by atoms with Gasteiger partial charge in [0.15, 0.2) is 0 Å². The third-order valence-corrected chi connectivity index (χ3v) is 3.48. The predicted octanol–water partition coefficient (Wildman–Crippen LogP) is 2.98. The summed E-state index contributed by atoms with van der Waals surface area (Å²) in [5, 5.41) is 4.70. The number of nitrogen functional groups attached to an aromatic ring is 1. The zero-order valence-corrected chi connectivity index (χ0v) is 12.5. The minimum Gasteiger partial charge on any atom is -0.383 e. The Morgan fingerprint density at radius 2 is 1.86 bits per heavy atom. The molecule has 3 aromatic rings. The van der Waals surface area contributed by atoms with E-state index in [9.17, 15) is 0 Å². The zero-order chi connectivity index (χ0) is 15.0. The lowest BCUT2D eigenvalue weighted by atomic mass is 10.0. The molecule has 2 heterocycles. The molecule has 2 aromatic heterocycles. The van der Waals surface area contributed by atoms with Crippen LogP contribution in [-0.4, -0.2) is 19.3 Å². The monoisotopic (exact) mass is 281 g/mol. The van der Waals surface area contributed by atoms with Crippen molar-refractivity contribution >= 4 is 5.82 Å². The Kier molecular flexibility index (Phi) is 3.25. The Labute approximate surface area is 124 Å². The van der Waals surface area contributed by atoms with E-state index in [0.717, 1.165) is 22.6 Å². The summed E-state index contributed by atoms with van der Waals surface area (Å²) in [6.45, 7) is 4.24. The highest BCUT2D eigenvalue weighted by Gasteiger charge is 2.21. The van der Waals surface area contributed by atoms with Crippen molar-refractivity contribution in [2.24, 2.45) is 7.05 Å². The Morgan fingerprint density at radius 3 is 2.43 bits per heavy atom. The molecule has 5 heteroatoms. The average molecular weight is 281 g/mol. The molecule has 0 amide bonds. The van der Waals surface area contributed by atoms with Crippen LogP contribution in [0.5, 0.6) is 0 Å². The van der Waals surface area contributed by atoms with Crippen LogP contribution in [0.1, 0.15) is 25.3 Å². The first-order chi connectivity index (χ1) is 10.1. The molecule has 0 aliphatic carbocycles. The summed E-state index contributed by atoms with van der Waals surface area (Å²) >= 11 is 0. The first kappa shape index (κ1) is 13.4. The summed E-state index contributed by atoms with van der Waals surface area (Å²) in [5.74, 6) is 0.955. The Balaban J connectivity index is 2.21. The summed E-state index contributed by atoms with van der Waals surface area (Å²) in [6.07, 6.45) is 3.74. The Hall–Kier alpha value is -2.56. The van der Waals surface area contributed by atoms with Crippen molar-refractivity contribution in [1.29, 1.82) is 0 Å². The second-order valence-electron chi connectivity index (χ2n) is 5.47. The molecule has 0 unspecified atom stereocenters. The Morgan fingerprint density at radius 1 is 1.14 bits per heavy atom. The second kappa shape index (κ2) is 5.09. The molecule has 0 aliphatic heterocycles. The van der Waals surface area contributed by atoms with Gasteiger partial charge in [-0.3, -0.25) is 0 Å². The molecule has 0 radical (unpaired) electrons. The lowest BCUT2D eigenvalue weighted by Crippen LogP contribution is -2.03. The van der Waals surface area contributed by atoms with Crippen molar-refractivity contribution in [1.82, 2.24) is 19.3 Å². The van der Waals surface area contributed by atoms with E-state index in [0.29, 0.717) is 5.82 Å².